The molecule has 0 saturated heterocycles. The lowest BCUT2D eigenvalue weighted by Crippen LogP contribution is -2.18. The molecular formula is C16H19F3N2O2. The van der Waals surface area contributed by atoms with E-state index < -0.39 is 17.6 Å². The number of hydrogen-bond donors (Lipinski definition) is 0. The first kappa shape index (κ1) is 18.7. The molecule has 0 bridgehead atoms. The Morgan fingerprint density at radius 2 is 1.96 bits per heavy atom. The van der Waals surface area contributed by atoms with E-state index in [4.69, 9.17) is 9.47 Å². The lowest BCUT2D eigenvalue weighted by atomic mass is 10.2. The summed E-state index contributed by atoms with van der Waals surface area (Å²) in [6.45, 7) is 3.27. The number of nitrogens with zero attached hydrogens (tertiary/aromatic N) is 2. The van der Waals surface area contributed by atoms with Gasteiger partial charge in [-0.05, 0) is 31.6 Å². The van der Waals surface area contributed by atoms with Gasteiger partial charge >= 0.3 is 6.18 Å². The highest BCUT2D eigenvalue weighted by Gasteiger charge is 2.41. The largest absolute Gasteiger partial charge is 0.496 e. The zero-order chi connectivity index (χ0) is 17.5. The summed E-state index contributed by atoms with van der Waals surface area (Å²) in [5.74, 6) is -0.892. The Bertz CT molecular complexity index is 606. The minimum absolute atomic E-state index is 0.302. The molecular weight excluding hydrogens is 309 g/mol. The molecule has 0 aromatic carbocycles. The van der Waals surface area contributed by atoms with E-state index in [-0.39, 0.29) is 5.76 Å². The van der Waals surface area contributed by atoms with Crippen molar-refractivity contribution in [2.24, 2.45) is 4.99 Å². The van der Waals surface area contributed by atoms with Gasteiger partial charge in [-0.25, -0.2) is 4.99 Å². The molecule has 1 aromatic rings. The molecule has 0 saturated carbocycles. The fraction of sp³-hybridized carbons (Fsp3) is 0.375. The molecule has 4 nitrogen and oxygen atoms in total. The van der Waals surface area contributed by atoms with E-state index in [0.717, 1.165) is 7.11 Å². The van der Waals surface area contributed by atoms with Gasteiger partial charge in [0.1, 0.15) is 5.76 Å². The maximum atomic E-state index is 13.4. The average Bonchev–Trinajstić information content (AvgIpc) is 2.52. The molecule has 126 valence electrons. The number of pyridine rings is 1. The number of alkyl halides is 3. The predicted molar refractivity (Wildman–Crippen MR) is 81.9 cm³/mol. The average molecular weight is 328 g/mol. The van der Waals surface area contributed by atoms with Crippen molar-refractivity contribution in [3.05, 3.63) is 53.4 Å². The van der Waals surface area contributed by atoms with Crippen molar-refractivity contribution >= 4 is 5.71 Å². The zero-order valence-corrected chi connectivity index (χ0v) is 13.4. The Morgan fingerprint density at radius 1 is 1.26 bits per heavy atom. The van der Waals surface area contributed by atoms with E-state index in [9.17, 15) is 13.2 Å². The van der Waals surface area contributed by atoms with Crippen LogP contribution in [0.15, 0.2) is 52.7 Å². The van der Waals surface area contributed by atoms with Gasteiger partial charge in [-0.2, -0.15) is 13.2 Å². The molecule has 1 heterocycles. The number of rotatable bonds is 6. The topological polar surface area (TPSA) is 43.7 Å². The van der Waals surface area contributed by atoms with Crippen LogP contribution in [0.25, 0.3) is 0 Å². The highest BCUT2D eigenvalue weighted by molar-refractivity contribution is 5.97. The molecule has 1 aromatic heterocycles. The number of methoxy groups -OCH3 is 2. The SMILES string of the molecule is CC/C=C(OC)/C(=C(\N=C(/C)c1ccccn1)OC)C(F)(F)F. The maximum Gasteiger partial charge on any atom is 0.425 e. The first-order valence-corrected chi connectivity index (χ1v) is 6.91. The van der Waals surface area contributed by atoms with E-state index >= 15 is 0 Å². The Balaban J connectivity index is 3.49. The van der Waals surface area contributed by atoms with Crippen LogP contribution >= 0.6 is 0 Å². The summed E-state index contributed by atoms with van der Waals surface area (Å²) >= 11 is 0. The van der Waals surface area contributed by atoms with Crippen LogP contribution in [-0.2, 0) is 9.47 Å². The molecule has 7 heteroatoms. The van der Waals surface area contributed by atoms with Crippen molar-refractivity contribution in [1.29, 1.82) is 0 Å². The predicted octanol–water partition coefficient (Wildman–Crippen LogP) is 4.25. The van der Waals surface area contributed by atoms with Crippen molar-refractivity contribution in [1.82, 2.24) is 4.98 Å². The van der Waals surface area contributed by atoms with Crippen LogP contribution in [0.1, 0.15) is 26.0 Å². The van der Waals surface area contributed by atoms with Gasteiger partial charge in [-0.15, -0.1) is 0 Å². The second kappa shape index (κ2) is 8.36. The molecule has 23 heavy (non-hydrogen) atoms. The quantitative estimate of drug-likeness (QED) is 0.445. The monoisotopic (exact) mass is 328 g/mol. The lowest BCUT2D eigenvalue weighted by molar-refractivity contribution is -0.0966. The Hall–Kier alpha value is -2.31. The third-order valence-corrected chi connectivity index (χ3v) is 2.85. The fourth-order valence-electron chi connectivity index (χ4n) is 1.83. The summed E-state index contributed by atoms with van der Waals surface area (Å²) in [6, 6.07) is 5.08. The smallest absolute Gasteiger partial charge is 0.425 e. The van der Waals surface area contributed by atoms with Crippen molar-refractivity contribution < 1.29 is 22.6 Å². The number of allylic oxidation sites excluding steroid dienone is 2. The molecule has 0 unspecified atom stereocenters. The second-order valence-electron chi connectivity index (χ2n) is 4.47. The molecule has 0 spiro atoms. The number of halogens is 3. The molecule has 0 aliphatic heterocycles. The van der Waals surface area contributed by atoms with Crippen LogP contribution in [0.2, 0.25) is 0 Å². The zero-order valence-electron chi connectivity index (χ0n) is 13.4. The van der Waals surface area contributed by atoms with Crippen molar-refractivity contribution in [2.75, 3.05) is 14.2 Å². The Kier molecular flexibility index (Phi) is 6.81. The number of aliphatic imine (C=N–C) groups is 1. The number of aromatic nitrogens is 1. The third-order valence-electron chi connectivity index (χ3n) is 2.85. The van der Waals surface area contributed by atoms with Gasteiger partial charge in [-0.1, -0.05) is 13.0 Å². The Labute approximate surface area is 133 Å². The van der Waals surface area contributed by atoms with Gasteiger partial charge in [-0.3, -0.25) is 4.98 Å². The van der Waals surface area contributed by atoms with E-state index in [1.807, 2.05) is 0 Å². The third kappa shape index (κ3) is 5.12. The van der Waals surface area contributed by atoms with Crippen LogP contribution in [-0.4, -0.2) is 31.1 Å². The normalized spacial score (nSPS) is 14.4. The molecule has 0 aliphatic rings. The molecule has 0 fully saturated rings. The van der Waals surface area contributed by atoms with Crippen LogP contribution in [0.5, 0.6) is 0 Å². The Morgan fingerprint density at radius 3 is 2.39 bits per heavy atom. The highest BCUT2D eigenvalue weighted by atomic mass is 19.4. The summed E-state index contributed by atoms with van der Waals surface area (Å²) in [4.78, 5) is 8.01. The van der Waals surface area contributed by atoms with Gasteiger partial charge in [0, 0.05) is 6.20 Å². The second-order valence-corrected chi connectivity index (χ2v) is 4.47. The minimum Gasteiger partial charge on any atom is -0.496 e. The molecule has 0 amide bonds. The van der Waals surface area contributed by atoms with Crippen molar-refractivity contribution in [3.8, 4) is 0 Å². The molecule has 0 radical (unpaired) electrons. The van der Waals surface area contributed by atoms with Gasteiger partial charge in [0.2, 0.25) is 5.88 Å². The van der Waals surface area contributed by atoms with E-state index in [1.165, 1.54) is 19.4 Å². The molecule has 0 N–H and O–H groups in total. The van der Waals surface area contributed by atoms with Crippen LogP contribution in [0, 0.1) is 0 Å². The van der Waals surface area contributed by atoms with Gasteiger partial charge in [0.25, 0.3) is 0 Å². The van der Waals surface area contributed by atoms with Crippen LogP contribution in [0.4, 0.5) is 13.2 Å². The standard InChI is InChI=1S/C16H19F3N2O2/c1-5-8-13(22-3)14(16(17,18)19)15(23-4)21-11(2)12-9-6-7-10-20-12/h6-10H,5H2,1-4H3/b13-8-,15-14-,21-11+. The molecule has 1 rings (SSSR count). The summed E-state index contributed by atoms with van der Waals surface area (Å²) in [5.41, 5.74) is -0.294. The van der Waals surface area contributed by atoms with E-state index in [0.29, 0.717) is 17.8 Å². The van der Waals surface area contributed by atoms with Gasteiger partial charge < -0.3 is 9.47 Å². The summed E-state index contributed by atoms with van der Waals surface area (Å²) in [6.07, 6.45) is -1.43. The molecule has 0 atom stereocenters. The van der Waals surface area contributed by atoms with Crippen LogP contribution < -0.4 is 0 Å². The van der Waals surface area contributed by atoms with Crippen molar-refractivity contribution in [3.63, 3.8) is 0 Å². The van der Waals surface area contributed by atoms with Gasteiger partial charge in [0.15, 0.2) is 5.57 Å². The summed E-state index contributed by atoms with van der Waals surface area (Å²) in [5, 5.41) is 0. The molecule has 0 aliphatic carbocycles. The number of ether oxygens (including phenoxy) is 2. The number of hydrogen-bond acceptors (Lipinski definition) is 4. The fourth-order valence-corrected chi connectivity index (χ4v) is 1.83. The van der Waals surface area contributed by atoms with E-state index in [2.05, 4.69) is 9.98 Å². The van der Waals surface area contributed by atoms with Gasteiger partial charge in [0.05, 0.1) is 25.6 Å². The van der Waals surface area contributed by atoms with Crippen molar-refractivity contribution in [2.45, 2.75) is 26.4 Å². The minimum atomic E-state index is -4.67. The highest BCUT2D eigenvalue weighted by Crippen LogP contribution is 2.35. The van der Waals surface area contributed by atoms with Crippen LogP contribution in [0.3, 0.4) is 0 Å². The summed E-state index contributed by atoms with van der Waals surface area (Å²) < 4.78 is 50.0. The first-order chi connectivity index (χ1) is 10.8. The maximum absolute atomic E-state index is 13.4. The first-order valence-electron chi connectivity index (χ1n) is 6.91. The van der Waals surface area contributed by atoms with E-state index in [1.54, 1.807) is 32.0 Å². The summed E-state index contributed by atoms with van der Waals surface area (Å²) in [7, 11) is 2.31. The lowest BCUT2D eigenvalue weighted by Gasteiger charge is -2.17.